The molecule has 1 saturated carbocycles. The van der Waals surface area contributed by atoms with E-state index in [0.29, 0.717) is 17.9 Å². The van der Waals surface area contributed by atoms with E-state index in [-0.39, 0.29) is 5.91 Å². The maximum absolute atomic E-state index is 12.0. The largest absolute Gasteiger partial charge is 0.348 e. The average Bonchev–Trinajstić information content (AvgIpc) is 3.18. The van der Waals surface area contributed by atoms with Gasteiger partial charge in [0.25, 0.3) is 0 Å². The van der Waals surface area contributed by atoms with Gasteiger partial charge in [-0.25, -0.2) is 0 Å². The van der Waals surface area contributed by atoms with Crippen molar-refractivity contribution in [2.24, 2.45) is 0 Å². The van der Waals surface area contributed by atoms with Gasteiger partial charge in [-0.15, -0.1) is 0 Å². The number of hydrogen-bond donors (Lipinski definition) is 0. The molecular weight excluding hydrogens is 260 g/mol. The summed E-state index contributed by atoms with van der Waals surface area (Å²) in [4.78, 5) is 16.0. The lowest BCUT2D eigenvalue weighted by molar-refractivity contribution is -0.130. The van der Waals surface area contributed by atoms with Gasteiger partial charge in [-0.3, -0.25) is 9.69 Å². The Morgan fingerprint density at radius 1 is 1.33 bits per heavy atom. The third-order valence-corrected chi connectivity index (χ3v) is 5.00. The van der Waals surface area contributed by atoms with Crippen molar-refractivity contribution in [2.75, 3.05) is 27.2 Å². The lowest BCUT2D eigenvalue weighted by Gasteiger charge is -2.35. The summed E-state index contributed by atoms with van der Waals surface area (Å²) in [6.07, 6.45) is 2.54. The van der Waals surface area contributed by atoms with E-state index < -0.39 is 0 Å². The van der Waals surface area contributed by atoms with Crippen molar-refractivity contribution >= 4 is 5.91 Å². The highest BCUT2D eigenvalue weighted by Crippen LogP contribution is 2.52. The SMILES string of the molecule is CC(C)c1ccc2c(c1)CN(CC(=O)N(C)C)CC21CC1. The van der Waals surface area contributed by atoms with Gasteiger partial charge in [-0.2, -0.15) is 0 Å². The molecule has 1 aromatic rings. The molecule has 0 N–H and O–H groups in total. The number of nitrogens with zero attached hydrogens (tertiary/aromatic N) is 2. The van der Waals surface area contributed by atoms with Gasteiger partial charge in [0.15, 0.2) is 0 Å². The van der Waals surface area contributed by atoms with Crippen molar-refractivity contribution in [2.45, 2.75) is 44.6 Å². The molecule has 0 unspecified atom stereocenters. The van der Waals surface area contributed by atoms with Crippen LogP contribution in [-0.2, 0) is 16.8 Å². The molecule has 1 heterocycles. The van der Waals surface area contributed by atoms with E-state index in [1.807, 2.05) is 14.1 Å². The van der Waals surface area contributed by atoms with Crippen LogP contribution in [0.4, 0.5) is 0 Å². The Morgan fingerprint density at radius 2 is 2.05 bits per heavy atom. The zero-order chi connectivity index (χ0) is 15.2. The van der Waals surface area contributed by atoms with Gasteiger partial charge >= 0.3 is 0 Å². The number of hydrogen-bond acceptors (Lipinski definition) is 2. The van der Waals surface area contributed by atoms with Gasteiger partial charge < -0.3 is 4.90 Å². The fourth-order valence-corrected chi connectivity index (χ4v) is 3.45. The molecule has 2 aliphatic rings. The van der Waals surface area contributed by atoms with Gasteiger partial charge in [0.2, 0.25) is 5.91 Å². The van der Waals surface area contributed by atoms with Crippen LogP contribution in [0, 0.1) is 0 Å². The Balaban J connectivity index is 1.86. The van der Waals surface area contributed by atoms with Crippen molar-refractivity contribution in [3.8, 4) is 0 Å². The summed E-state index contributed by atoms with van der Waals surface area (Å²) >= 11 is 0. The van der Waals surface area contributed by atoms with Gasteiger partial charge in [0, 0.05) is 32.6 Å². The number of carbonyl (C=O) groups is 1. The predicted molar refractivity (Wildman–Crippen MR) is 85.4 cm³/mol. The third-order valence-electron chi connectivity index (χ3n) is 5.00. The smallest absolute Gasteiger partial charge is 0.236 e. The van der Waals surface area contributed by atoms with Crippen LogP contribution >= 0.6 is 0 Å². The van der Waals surface area contributed by atoms with E-state index >= 15 is 0 Å². The molecule has 114 valence electrons. The highest BCUT2D eigenvalue weighted by molar-refractivity contribution is 5.77. The van der Waals surface area contributed by atoms with E-state index in [1.165, 1.54) is 24.0 Å². The second kappa shape index (κ2) is 5.13. The highest BCUT2D eigenvalue weighted by Gasteiger charge is 2.49. The van der Waals surface area contributed by atoms with Gasteiger partial charge in [-0.05, 0) is 35.4 Å². The summed E-state index contributed by atoms with van der Waals surface area (Å²) in [5.74, 6) is 0.763. The second-order valence-corrected chi connectivity index (χ2v) is 7.28. The summed E-state index contributed by atoms with van der Waals surface area (Å²) in [6.45, 7) is 6.98. The molecule has 0 aromatic heterocycles. The molecule has 3 rings (SSSR count). The molecule has 21 heavy (non-hydrogen) atoms. The molecule has 1 amide bonds. The Bertz CT molecular complexity index is 558. The van der Waals surface area contributed by atoms with Crippen molar-refractivity contribution in [1.29, 1.82) is 0 Å². The Labute approximate surface area is 127 Å². The molecule has 1 aliphatic heterocycles. The minimum atomic E-state index is 0.203. The van der Waals surface area contributed by atoms with Crippen LogP contribution in [0.1, 0.15) is 49.3 Å². The molecule has 1 spiro atoms. The zero-order valence-corrected chi connectivity index (χ0v) is 13.6. The lowest BCUT2D eigenvalue weighted by atomic mass is 9.84. The molecule has 0 saturated heterocycles. The number of fused-ring (bicyclic) bond motifs is 2. The number of benzene rings is 1. The second-order valence-electron chi connectivity index (χ2n) is 7.28. The molecule has 3 heteroatoms. The first-order chi connectivity index (χ1) is 9.91. The summed E-state index contributed by atoms with van der Waals surface area (Å²) in [6, 6.07) is 7.01. The summed E-state index contributed by atoms with van der Waals surface area (Å²) < 4.78 is 0. The molecule has 0 bridgehead atoms. The quantitative estimate of drug-likeness (QED) is 0.853. The van der Waals surface area contributed by atoms with Crippen LogP contribution in [0.25, 0.3) is 0 Å². The van der Waals surface area contributed by atoms with E-state index in [9.17, 15) is 4.79 Å². The fraction of sp³-hybridized carbons (Fsp3) is 0.611. The Hall–Kier alpha value is -1.35. The first-order valence-corrected chi connectivity index (χ1v) is 7.97. The highest BCUT2D eigenvalue weighted by atomic mass is 16.2. The van der Waals surface area contributed by atoms with E-state index in [2.05, 4.69) is 36.9 Å². The lowest BCUT2D eigenvalue weighted by Crippen LogP contribution is -2.43. The number of likely N-dealkylation sites (N-methyl/N-ethyl adjacent to an activating group) is 1. The van der Waals surface area contributed by atoms with Crippen LogP contribution in [0.3, 0.4) is 0 Å². The number of carbonyl (C=O) groups excluding carboxylic acids is 1. The van der Waals surface area contributed by atoms with Crippen LogP contribution in [-0.4, -0.2) is 42.9 Å². The average molecular weight is 286 g/mol. The maximum Gasteiger partial charge on any atom is 0.236 e. The number of amides is 1. The van der Waals surface area contributed by atoms with Crippen LogP contribution < -0.4 is 0 Å². The minimum absolute atomic E-state index is 0.203. The third kappa shape index (κ3) is 2.71. The predicted octanol–water partition coefficient (Wildman–Crippen LogP) is 2.75. The molecule has 1 fully saturated rings. The summed E-state index contributed by atoms with van der Waals surface area (Å²) in [5, 5.41) is 0. The van der Waals surface area contributed by atoms with E-state index in [1.54, 1.807) is 10.5 Å². The van der Waals surface area contributed by atoms with Crippen LogP contribution in [0.2, 0.25) is 0 Å². The van der Waals surface area contributed by atoms with Gasteiger partial charge in [0.1, 0.15) is 0 Å². The molecule has 0 atom stereocenters. The minimum Gasteiger partial charge on any atom is -0.348 e. The fourth-order valence-electron chi connectivity index (χ4n) is 3.45. The molecule has 1 aromatic carbocycles. The first-order valence-electron chi connectivity index (χ1n) is 7.97. The van der Waals surface area contributed by atoms with Gasteiger partial charge in [0.05, 0.1) is 6.54 Å². The van der Waals surface area contributed by atoms with Crippen molar-refractivity contribution in [3.05, 3.63) is 34.9 Å². The standard InChI is InChI=1S/C18H26N2O/c1-13(2)14-5-6-16-15(9-14)10-20(11-17(21)19(3)4)12-18(16)7-8-18/h5-6,9,13H,7-8,10-12H2,1-4H3. The van der Waals surface area contributed by atoms with E-state index in [4.69, 9.17) is 0 Å². The van der Waals surface area contributed by atoms with Crippen molar-refractivity contribution in [1.82, 2.24) is 9.80 Å². The Kier molecular flexibility index (Phi) is 3.56. The monoisotopic (exact) mass is 286 g/mol. The van der Waals surface area contributed by atoms with E-state index in [0.717, 1.165) is 13.1 Å². The molecular formula is C18H26N2O. The zero-order valence-electron chi connectivity index (χ0n) is 13.6. The molecule has 0 radical (unpaired) electrons. The molecule has 3 nitrogen and oxygen atoms in total. The van der Waals surface area contributed by atoms with Crippen LogP contribution in [0.15, 0.2) is 18.2 Å². The number of rotatable bonds is 3. The summed E-state index contributed by atoms with van der Waals surface area (Å²) in [7, 11) is 3.67. The van der Waals surface area contributed by atoms with Crippen molar-refractivity contribution < 1.29 is 4.79 Å². The maximum atomic E-state index is 12.0. The Morgan fingerprint density at radius 3 is 2.62 bits per heavy atom. The first kappa shape index (κ1) is 14.6. The molecule has 1 aliphatic carbocycles. The summed E-state index contributed by atoms with van der Waals surface area (Å²) in [5.41, 5.74) is 4.73. The topological polar surface area (TPSA) is 23.6 Å². The van der Waals surface area contributed by atoms with Crippen molar-refractivity contribution in [3.63, 3.8) is 0 Å². The van der Waals surface area contributed by atoms with Gasteiger partial charge in [-0.1, -0.05) is 32.0 Å². The van der Waals surface area contributed by atoms with Crippen LogP contribution in [0.5, 0.6) is 0 Å². The normalized spacial score (nSPS) is 19.7.